The van der Waals surface area contributed by atoms with Gasteiger partial charge in [-0.1, -0.05) is 36.4 Å². The van der Waals surface area contributed by atoms with Gasteiger partial charge in [0.15, 0.2) is 18.5 Å². The van der Waals surface area contributed by atoms with E-state index in [0.717, 1.165) is 0 Å². The maximum Gasteiger partial charge on any atom is 0.338 e. The van der Waals surface area contributed by atoms with Crippen LogP contribution in [0, 0.1) is 0 Å². The number of hydrogen-bond donors (Lipinski definition) is 1. The minimum absolute atomic E-state index is 0.0245. The Morgan fingerprint density at radius 1 is 0.818 bits per heavy atom. The molecule has 0 amide bonds. The molecule has 1 N–H and O–H groups in total. The number of benzene rings is 2. The average Bonchev–Trinajstić information content (AvgIpc) is 3.11. The lowest BCUT2D eigenvalue weighted by Crippen LogP contribution is -2.42. The highest BCUT2D eigenvalue weighted by Gasteiger charge is 2.49. The number of carbonyl (C=O) groups excluding carboxylic acids is 4. The second kappa shape index (κ2) is 11.3. The van der Waals surface area contributed by atoms with E-state index in [1.54, 1.807) is 36.4 Å². The highest BCUT2D eigenvalue weighted by molar-refractivity contribution is 5.90. The van der Waals surface area contributed by atoms with Gasteiger partial charge in [-0.15, -0.1) is 0 Å². The van der Waals surface area contributed by atoms with Crippen molar-refractivity contribution in [3.8, 4) is 0 Å². The first-order chi connectivity index (χ1) is 15.8. The topological polar surface area (TPSA) is 125 Å². The Kier molecular flexibility index (Phi) is 8.28. The number of esters is 3. The fourth-order valence-corrected chi connectivity index (χ4v) is 3.17. The summed E-state index contributed by atoms with van der Waals surface area (Å²) in [4.78, 5) is 48.1. The Balaban J connectivity index is 1.73. The minimum atomic E-state index is -1.62. The van der Waals surface area contributed by atoms with Crippen LogP contribution in [0.3, 0.4) is 0 Å². The highest BCUT2D eigenvalue weighted by Crippen LogP contribution is 2.28. The van der Waals surface area contributed by atoms with Crippen molar-refractivity contribution in [1.29, 1.82) is 0 Å². The molecule has 9 heteroatoms. The van der Waals surface area contributed by atoms with E-state index in [-0.39, 0.29) is 36.4 Å². The summed E-state index contributed by atoms with van der Waals surface area (Å²) in [6.07, 6.45) is -5.41. The molecule has 0 radical (unpaired) electrons. The molecule has 0 bridgehead atoms. The molecule has 1 aliphatic rings. The molecule has 33 heavy (non-hydrogen) atoms. The van der Waals surface area contributed by atoms with Gasteiger partial charge >= 0.3 is 17.9 Å². The molecule has 0 saturated carbocycles. The van der Waals surface area contributed by atoms with Crippen molar-refractivity contribution in [3.05, 3.63) is 71.8 Å². The number of ether oxygens (including phenoxy) is 4. The first kappa shape index (κ1) is 24.1. The number of Topliss-reactive ketones (excluding diaryl/α,β-unsaturated/α-hetero) is 1. The number of hydrogen-bond acceptors (Lipinski definition) is 9. The van der Waals surface area contributed by atoms with Crippen LogP contribution < -0.4 is 0 Å². The number of carbonyl (C=O) groups is 4. The molecule has 9 nitrogen and oxygen atoms in total. The number of aliphatic hydroxyl groups excluding tert-OH is 1. The van der Waals surface area contributed by atoms with Crippen molar-refractivity contribution in [1.82, 2.24) is 0 Å². The molecule has 4 atom stereocenters. The lowest BCUT2D eigenvalue weighted by Gasteiger charge is -2.23. The quantitative estimate of drug-likeness (QED) is 0.446. The van der Waals surface area contributed by atoms with Crippen LogP contribution in [0.5, 0.6) is 0 Å². The zero-order chi connectivity index (χ0) is 23.8. The van der Waals surface area contributed by atoms with Gasteiger partial charge < -0.3 is 28.8 Å². The molecule has 0 aliphatic carbocycles. The molecule has 1 saturated heterocycles. The maximum absolute atomic E-state index is 12.6. The summed E-state index contributed by atoms with van der Waals surface area (Å²) in [5.41, 5.74) is 0.473. The van der Waals surface area contributed by atoms with Gasteiger partial charge in [-0.25, -0.2) is 9.59 Å². The molecule has 1 unspecified atom stereocenters. The fraction of sp³-hybridized carbons (Fsp3) is 0.333. The zero-order valence-electron chi connectivity index (χ0n) is 17.9. The third-order valence-corrected chi connectivity index (χ3v) is 4.88. The molecule has 2 aromatic carbocycles. The first-order valence-electron chi connectivity index (χ1n) is 10.4. The Labute approximate surface area is 190 Å². The Bertz CT molecular complexity index is 974. The highest BCUT2D eigenvalue weighted by atomic mass is 16.7. The van der Waals surface area contributed by atoms with E-state index in [4.69, 9.17) is 18.9 Å². The molecular weight excluding hydrogens is 432 g/mol. The van der Waals surface area contributed by atoms with Gasteiger partial charge in [0.25, 0.3) is 0 Å². The van der Waals surface area contributed by atoms with Crippen LogP contribution in [0.1, 0.15) is 40.5 Å². The molecule has 2 aromatic rings. The van der Waals surface area contributed by atoms with E-state index in [1.807, 2.05) is 0 Å². The smallest absolute Gasteiger partial charge is 0.338 e. The standard InChI is InChI=1S/C24H24O9/c1-15(25)12-13-19(26)30-14-18-20(32-22(27)16-8-4-2-5-9-16)21(24(29)31-18)33-23(28)17-10-6-3-7-11-17/h2-11,18,20-21,24,29H,12-14H2,1H3/t18-,20-,21+,24?/m1/s1. The first-order valence-corrected chi connectivity index (χ1v) is 10.4. The predicted octanol–water partition coefficient (Wildman–Crippen LogP) is 2.07. The van der Waals surface area contributed by atoms with Crippen molar-refractivity contribution in [2.45, 2.75) is 44.4 Å². The lowest BCUT2D eigenvalue weighted by molar-refractivity contribution is -0.158. The molecule has 174 valence electrons. The summed E-state index contributed by atoms with van der Waals surface area (Å²) < 4.78 is 21.4. The summed E-state index contributed by atoms with van der Waals surface area (Å²) in [7, 11) is 0. The van der Waals surface area contributed by atoms with Crippen molar-refractivity contribution >= 4 is 23.7 Å². The summed E-state index contributed by atoms with van der Waals surface area (Å²) in [5, 5.41) is 10.4. The van der Waals surface area contributed by atoms with Crippen LogP contribution in [0.2, 0.25) is 0 Å². The van der Waals surface area contributed by atoms with Gasteiger partial charge in [-0.3, -0.25) is 4.79 Å². The molecule has 0 aromatic heterocycles. The molecule has 1 aliphatic heterocycles. The number of ketones is 1. The van der Waals surface area contributed by atoms with Crippen LogP contribution in [0.25, 0.3) is 0 Å². The molecule has 0 spiro atoms. The van der Waals surface area contributed by atoms with Gasteiger partial charge in [-0.05, 0) is 31.2 Å². The van der Waals surface area contributed by atoms with Crippen molar-refractivity contribution in [3.63, 3.8) is 0 Å². The van der Waals surface area contributed by atoms with Crippen LogP contribution >= 0.6 is 0 Å². The van der Waals surface area contributed by atoms with Crippen molar-refractivity contribution < 1.29 is 43.2 Å². The Hall–Kier alpha value is -3.56. The monoisotopic (exact) mass is 456 g/mol. The lowest BCUT2D eigenvalue weighted by atomic mass is 10.1. The fourth-order valence-electron chi connectivity index (χ4n) is 3.17. The minimum Gasteiger partial charge on any atom is -0.463 e. The van der Waals surface area contributed by atoms with Crippen LogP contribution in [0.15, 0.2) is 60.7 Å². The summed E-state index contributed by atoms with van der Waals surface area (Å²) in [6.45, 7) is 0.981. The van der Waals surface area contributed by atoms with E-state index in [0.29, 0.717) is 0 Å². The van der Waals surface area contributed by atoms with Crippen LogP contribution in [-0.2, 0) is 28.5 Å². The zero-order valence-corrected chi connectivity index (χ0v) is 17.9. The normalized spacial score (nSPS) is 21.8. The predicted molar refractivity (Wildman–Crippen MR) is 113 cm³/mol. The SMILES string of the molecule is CC(=O)CCC(=O)OC[C@H]1OC(O)[C@@H](OC(=O)c2ccccc2)[C@@H]1OC(=O)c1ccccc1. The summed E-state index contributed by atoms with van der Waals surface area (Å²) in [5.74, 6) is -2.29. The second-order valence-electron chi connectivity index (χ2n) is 7.42. The number of aliphatic hydroxyl groups is 1. The molecule has 1 fully saturated rings. The number of rotatable bonds is 9. The van der Waals surface area contributed by atoms with E-state index < -0.39 is 42.5 Å². The maximum atomic E-state index is 12.6. The van der Waals surface area contributed by atoms with Crippen LogP contribution in [-0.4, -0.2) is 60.0 Å². The summed E-state index contributed by atoms with van der Waals surface area (Å²) >= 11 is 0. The van der Waals surface area contributed by atoms with Gasteiger partial charge in [0.1, 0.15) is 18.5 Å². The van der Waals surface area contributed by atoms with E-state index in [1.165, 1.54) is 31.2 Å². The Morgan fingerprint density at radius 3 is 1.85 bits per heavy atom. The van der Waals surface area contributed by atoms with Gasteiger partial charge in [0.05, 0.1) is 17.5 Å². The van der Waals surface area contributed by atoms with Crippen LogP contribution in [0.4, 0.5) is 0 Å². The second-order valence-corrected chi connectivity index (χ2v) is 7.42. The van der Waals surface area contributed by atoms with E-state index >= 15 is 0 Å². The van der Waals surface area contributed by atoms with Gasteiger partial charge in [-0.2, -0.15) is 0 Å². The average molecular weight is 456 g/mol. The van der Waals surface area contributed by atoms with E-state index in [9.17, 15) is 24.3 Å². The largest absolute Gasteiger partial charge is 0.463 e. The third kappa shape index (κ3) is 6.71. The van der Waals surface area contributed by atoms with Crippen molar-refractivity contribution in [2.75, 3.05) is 6.61 Å². The third-order valence-electron chi connectivity index (χ3n) is 4.88. The van der Waals surface area contributed by atoms with Gasteiger partial charge in [0, 0.05) is 6.42 Å². The van der Waals surface area contributed by atoms with Gasteiger partial charge in [0.2, 0.25) is 0 Å². The summed E-state index contributed by atoms with van der Waals surface area (Å²) in [6, 6.07) is 16.2. The van der Waals surface area contributed by atoms with Crippen molar-refractivity contribution in [2.24, 2.45) is 0 Å². The molecule has 1 heterocycles. The molecule has 3 rings (SSSR count). The Morgan fingerprint density at radius 2 is 1.33 bits per heavy atom. The van der Waals surface area contributed by atoms with E-state index in [2.05, 4.69) is 0 Å². The molecular formula is C24H24O9.